The van der Waals surface area contributed by atoms with E-state index in [1.807, 2.05) is 6.92 Å². The van der Waals surface area contributed by atoms with Crippen LogP contribution in [0.4, 0.5) is 5.69 Å². The zero-order valence-corrected chi connectivity index (χ0v) is 8.79. The molecule has 0 amide bonds. The lowest BCUT2D eigenvalue weighted by molar-refractivity contribution is -0.386. The number of nitrogens with zero attached hydrogens (tertiary/aromatic N) is 1. The van der Waals surface area contributed by atoms with E-state index in [4.69, 9.17) is 4.74 Å². The van der Waals surface area contributed by atoms with Crippen LogP contribution < -0.4 is 4.74 Å². The molecule has 0 unspecified atom stereocenters. The van der Waals surface area contributed by atoms with E-state index >= 15 is 0 Å². The Morgan fingerprint density at radius 3 is 2.62 bits per heavy atom. The summed E-state index contributed by atoms with van der Waals surface area (Å²) in [7, 11) is 1.41. The summed E-state index contributed by atoms with van der Waals surface area (Å²) in [6.45, 7) is 1.84. The highest BCUT2D eigenvalue weighted by molar-refractivity contribution is 9.10. The number of hydrogen-bond donors (Lipinski definition) is 0. The van der Waals surface area contributed by atoms with Crippen molar-refractivity contribution in [2.45, 2.75) is 6.92 Å². The molecule has 70 valence electrons. The van der Waals surface area contributed by atoms with E-state index in [0.29, 0.717) is 4.47 Å². The van der Waals surface area contributed by atoms with E-state index < -0.39 is 4.92 Å². The highest BCUT2D eigenvalue weighted by Crippen LogP contribution is 2.35. The summed E-state index contributed by atoms with van der Waals surface area (Å²) in [4.78, 5) is 10.1. The van der Waals surface area contributed by atoms with E-state index in [2.05, 4.69) is 15.9 Å². The second-order valence-corrected chi connectivity index (χ2v) is 3.41. The van der Waals surface area contributed by atoms with Crippen LogP contribution in [0.25, 0.3) is 0 Å². The number of rotatable bonds is 2. The van der Waals surface area contributed by atoms with Crippen molar-refractivity contribution in [3.8, 4) is 5.75 Å². The first kappa shape index (κ1) is 9.98. The van der Waals surface area contributed by atoms with Gasteiger partial charge in [-0.15, -0.1) is 0 Å². The average Bonchev–Trinajstić information content (AvgIpc) is 2.01. The molecule has 0 aliphatic heterocycles. The molecule has 0 spiro atoms. The second kappa shape index (κ2) is 3.74. The van der Waals surface area contributed by atoms with Crippen molar-refractivity contribution < 1.29 is 9.66 Å². The van der Waals surface area contributed by atoms with Crippen LogP contribution in [0.3, 0.4) is 0 Å². The molecule has 0 aliphatic carbocycles. The first-order valence-corrected chi connectivity index (χ1v) is 4.34. The summed E-state index contributed by atoms with van der Waals surface area (Å²) < 4.78 is 5.34. The van der Waals surface area contributed by atoms with Gasteiger partial charge in [-0.1, -0.05) is 0 Å². The minimum Gasteiger partial charge on any atom is -0.490 e. The van der Waals surface area contributed by atoms with Gasteiger partial charge in [0, 0.05) is 0 Å². The summed E-state index contributed by atoms with van der Waals surface area (Å²) in [5.41, 5.74) is 0.877. The molecular weight excluding hydrogens is 238 g/mol. The molecule has 0 radical (unpaired) electrons. The van der Waals surface area contributed by atoms with Gasteiger partial charge in [-0.3, -0.25) is 10.1 Å². The molecule has 13 heavy (non-hydrogen) atoms. The summed E-state index contributed by atoms with van der Waals surface area (Å²) in [5, 5.41) is 10.6. The standard InChI is InChI=1S/C8H8BrNO3/c1-5-3-6(9)8(10(11)12)7(4-5)13-2/h3-4H,1-2H3. The van der Waals surface area contributed by atoms with Gasteiger partial charge in [0.1, 0.15) is 0 Å². The Hall–Kier alpha value is -1.10. The lowest BCUT2D eigenvalue weighted by Gasteiger charge is -2.04. The molecule has 0 N–H and O–H groups in total. The molecule has 4 nitrogen and oxygen atoms in total. The van der Waals surface area contributed by atoms with Gasteiger partial charge >= 0.3 is 5.69 Å². The van der Waals surface area contributed by atoms with Crippen molar-refractivity contribution in [2.24, 2.45) is 0 Å². The van der Waals surface area contributed by atoms with Crippen LogP contribution in [-0.4, -0.2) is 12.0 Å². The summed E-state index contributed by atoms with van der Waals surface area (Å²) >= 11 is 3.12. The fourth-order valence-corrected chi connectivity index (χ4v) is 1.74. The highest BCUT2D eigenvalue weighted by Gasteiger charge is 2.19. The number of ether oxygens (including phenoxy) is 1. The largest absolute Gasteiger partial charge is 0.490 e. The molecule has 1 aromatic carbocycles. The Kier molecular flexibility index (Phi) is 2.87. The summed E-state index contributed by atoms with van der Waals surface area (Å²) in [5.74, 6) is 0.275. The Morgan fingerprint density at radius 2 is 2.15 bits per heavy atom. The average molecular weight is 246 g/mol. The van der Waals surface area contributed by atoms with Gasteiger partial charge in [0.25, 0.3) is 0 Å². The van der Waals surface area contributed by atoms with E-state index in [0.717, 1.165) is 5.56 Å². The quantitative estimate of drug-likeness (QED) is 0.595. The van der Waals surface area contributed by atoms with Gasteiger partial charge in [-0.05, 0) is 40.5 Å². The highest BCUT2D eigenvalue weighted by atomic mass is 79.9. The summed E-state index contributed by atoms with van der Waals surface area (Å²) in [6.07, 6.45) is 0. The minimum absolute atomic E-state index is 0.0342. The SMILES string of the molecule is COc1cc(C)cc(Br)c1[N+](=O)[O-]. The van der Waals surface area contributed by atoms with Crippen LogP contribution in [-0.2, 0) is 0 Å². The predicted molar refractivity (Wildman–Crippen MR) is 52.1 cm³/mol. The van der Waals surface area contributed by atoms with Crippen molar-refractivity contribution in [3.63, 3.8) is 0 Å². The van der Waals surface area contributed by atoms with E-state index in [-0.39, 0.29) is 11.4 Å². The minimum atomic E-state index is -0.470. The fraction of sp³-hybridized carbons (Fsp3) is 0.250. The second-order valence-electron chi connectivity index (χ2n) is 2.55. The molecule has 0 aliphatic rings. The molecular formula is C8H8BrNO3. The van der Waals surface area contributed by atoms with E-state index in [1.165, 1.54) is 7.11 Å². The lowest BCUT2D eigenvalue weighted by Crippen LogP contribution is -1.95. The van der Waals surface area contributed by atoms with Crippen molar-refractivity contribution >= 4 is 21.6 Å². The molecule has 5 heteroatoms. The topological polar surface area (TPSA) is 52.4 Å². The Labute approximate surface area is 83.8 Å². The van der Waals surface area contributed by atoms with Crippen LogP contribution in [0.1, 0.15) is 5.56 Å². The monoisotopic (exact) mass is 245 g/mol. The Morgan fingerprint density at radius 1 is 1.54 bits per heavy atom. The third kappa shape index (κ3) is 1.98. The Balaban J connectivity index is 3.38. The molecule has 0 saturated carbocycles. The van der Waals surface area contributed by atoms with Crippen LogP contribution in [0.2, 0.25) is 0 Å². The molecule has 0 fully saturated rings. The third-order valence-electron chi connectivity index (χ3n) is 1.58. The van der Waals surface area contributed by atoms with Crippen molar-refractivity contribution in [3.05, 3.63) is 32.3 Å². The van der Waals surface area contributed by atoms with Crippen molar-refractivity contribution in [1.82, 2.24) is 0 Å². The van der Waals surface area contributed by atoms with Gasteiger partial charge < -0.3 is 4.74 Å². The maximum absolute atomic E-state index is 10.6. The maximum Gasteiger partial charge on any atom is 0.324 e. The van der Waals surface area contributed by atoms with E-state index in [1.54, 1.807) is 12.1 Å². The number of benzene rings is 1. The van der Waals surface area contributed by atoms with Crippen LogP contribution >= 0.6 is 15.9 Å². The molecule has 1 rings (SSSR count). The van der Waals surface area contributed by atoms with Crippen molar-refractivity contribution in [1.29, 1.82) is 0 Å². The lowest BCUT2D eigenvalue weighted by atomic mass is 10.2. The zero-order chi connectivity index (χ0) is 10.0. The molecule has 0 atom stereocenters. The van der Waals surface area contributed by atoms with Gasteiger partial charge in [-0.25, -0.2) is 0 Å². The smallest absolute Gasteiger partial charge is 0.324 e. The number of nitro groups is 1. The molecule has 0 aromatic heterocycles. The number of methoxy groups -OCH3 is 1. The normalized spacial score (nSPS) is 9.77. The van der Waals surface area contributed by atoms with Gasteiger partial charge in [0.2, 0.25) is 0 Å². The maximum atomic E-state index is 10.6. The molecule has 1 aromatic rings. The molecule has 0 saturated heterocycles. The summed E-state index contributed by atoms with van der Waals surface area (Å²) in [6, 6.07) is 3.31. The van der Waals surface area contributed by atoms with E-state index in [9.17, 15) is 10.1 Å². The van der Waals surface area contributed by atoms with Crippen LogP contribution in [0.15, 0.2) is 16.6 Å². The van der Waals surface area contributed by atoms with Gasteiger partial charge in [0.05, 0.1) is 16.5 Å². The first-order chi connectivity index (χ1) is 6.06. The molecule has 0 bridgehead atoms. The van der Waals surface area contributed by atoms with Gasteiger partial charge in [0.15, 0.2) is 5.75 Å². The van der Waals surface area contributed by atoms with Crippen LogP contribution in [0, 0.1) is 17.0 Å². The van der Waals surface area contributed by atoms with Crippen molar-refractivity contribution in [2.75, 3.05) is 7.11 Å². The third-order valence-corrected chi connectivity index (χ3v) is 2.18. The predicted octanol–water partition coefficient (Wildman–Crippen LogP) is 2.67. The molecule has 0 heterocycles. The number of nitro benzene ring substituents is 1. The number of aryl methyl sites for hydroxylation is 1. The van der Waals surface area contributed by atoms with Gasteiger partial charge in [-0.2, -0.15) is 0 Å². The fourth-order valence-electron chi connectivity index (χ4n) is 1.04. The number of hydrogen-bond acceptors (Lipinski definition) is 3. The van der Waals surface area contributed by atoms with Crippen LogP contribution in [0.5, 0.6) is 5.75 Å². The zero-order valence-electron chi connectivity index (χ0n) is 7.20. The first-order valence-electron chi connectivity index (χ1n) is 3.54. The number of halogens is 1. The Bertz CT molecular complexity index is 351.